The van der Waals surface area contributed by atoms with E-state index in [1.165, 1.54) is 0 Å². The molecule has 2 heterocycles. The molecule has 0 atom stereocenters. The van der Waals surface area contributed by atoms with Gasteiger partial charge in [-0.15, -0.1) is 0 Å². The predicted molar refractivity (Wildman–Crippen MR) is 111 cm³/mol. The Bertz CT molecular complexity index is 1140. The van der Waals surface area contributed by atoms with Gasteiger partial charge in [-0.2, -0.15) is 9.29 Å². The van der Waals surface area contributed by atoms with Crippen molar-refractivity contribution in [2.24, 2.45) is 0 Å². The third-order valence-electron chi connectivity index (χ3n) is 5.44. The Hall–Kier alpha value is -2.22. The average Bonchev–Trinajstić information content (AvgIpc) is 3.20. The van der Waals surface area contributed by atoms with Crippen LogP contribution in [-0.4, -0.2) is 36.0 Å². The summed E-state index contributed by atoms with van der Waals surface area (Å²) in [6.07, 6.45) is 1.28. The van der Waals surface area contributed by atoms with Gasteiger partial charge < -0.3 is 4.52 Å². The summed E-state index contributed by atoms with van der Waals surface area (Å²) in [6, 6.07) is 12.6. The minimum absolute atomic E-state index is 0.0432. The molecule has 1 fully saturated rings. The van der Waals surface area contributed by atoms with Crippen LogP contribution >= 0.6 is 11.6 Å². The molecule has 0 saturated carbocycles. The second kappa shape index (κ2) is 7.89. The van der Waals surface area contributed by atoms with Crippen LogP contribution < -0.4 is 0 Å². The zero-order valence-corrected chi connectivity index (χ0v) is 17.9. The number of rotatable bonds is 4. The monoisotopic (exact) mass is 431 g/mol. The van der Waals surface area contributed by atoms with Crippen molar-refractivity contribution in [2.75, 3.05) is 13.1 Å². The Labute approximate surface area is 175 Å². The van der Waals surface area contributed by atoms with Crippen LogP contribution in [0, 0.1) is 13.8 Å². The molecule has 0 radical (unpaired) electrons. The molecule has 4 rings (SSSR count). The highest BCUT2D eigenvalue weighted by molar-refractivity contribution is 7.89. The SMILES string of the molecule is Cc1ccc(S(=O)(=O)N2CCC(c3nc(-c4cccc(Cl)c4)no3)CC2)cc1C. The fourth-order valence-corrected chi connectivity index (χ4v) is 5.26. The summed E-state index contributed by atoms with van der Waals surface area (Å²) >= 11 is 6.03. The first kappa shape index (κ1) is 20.1. The van der Waals surface area contributed by atoms with E-state index in [1.54, 1.807) is 28.6 Å². The van der Waals surface area contributed by atoms with Gasteiger partial charge in [-0.3, -0.25) is 0 Å². The Balaban J connectivity index is 1.46. The normalized spacial score (nSPS) is 16.2. The summed E-state index contributed by atoms with van der Waals surface area (Å²) in [7, 11) is -3.50. The van der Waals surface area contributed by atoms with Gasteiger partial charge in [-0.1, -0.05) is 35.0 Å². The fraction of sp³-hybridized carbons (Fsp3) is 0.333. The van der Waals surface area contributed by atoms with Crippen LogP contribution in [0.4, 0.5) is 0 Å². The second-order valence-corrected chi connectivity index (χ2v) is 9.77. The first-order chi connectivity index (χ1) is 13.8. The summed E-state index contributed by atoms with van der Waals surface area (Å²) in [5.74, 6) is 1.08. The van der Waals surface area contributed by atoms with E-state index >= 15 is 0 Å². The van der Waals surface area contributed by atoms with Crippen LogP contribution in [0.15, 0.2) is 51.9 Å². The lowest BCUT2D eigenvalue weighted by molar-refractivity contribution is 0.271. The molecule has 6 nitrogen and oxygen atoms in total. The van der Waals surface area contributed by atoms with Gasteiger partial charge in [0.15, 0.2) is 0 Å². The van der Waals surface area contributed by atoms with Gasteiger partial charge in [0, 0.05) is 29.6 Å². The quantitative estimate of drug-likeness (QED) is 0.604. The zero-order valence-electron chi connectivity index (χ0n) is 16.3. The second-order valence-electron chi connectivity index (χ2n) is 7.39. The van der Waals surface area contributed by atoms with Gasteiger partial charge in [0.05, 0.1) is 4.90 Å². The Kier molecular flexibility index (Phi) is 5.46. The number of hydrogen-bond donors (Lipinski definition) is 0. The van der Waals surface area contributed by atoms with Crippen LogP contribution in [0.5, 0.6) is 0 Å². The molecule has 1 aliphatic rings. The summed E-state index contributed by atoms with van der Waals surface area (Å²) in [4.78, 5) is 4.85. The third kappa shape index (κ3) is 4.08. The summed E-state index contributed by atoms with van der Waals surface area (Å²) in [5.41, 5.74) is 2.84. The Morgan fingerprint density at radius 1 is 1.07 bits per heavy atom. The molecule has 0 bridgehead atoms. The van der Waals surface area contributed by atoms with Gasteiger partial charge >= 0.3 is 0 Å². The van der Waals surface area contributed by atoms with Gasteiger partial charge in [-0.25, -0.2) is 8.42 Å². The number of halogens is 1. The first-order valence-electron chi connectivity index (χ1n) is 9.51. The van der Waals surface area contributed by atoms with Crippen molar-refractivity contribution in [1.82, 2.24) is 14.4 Å². The molecule has 29 heavy (non-hydrogen) atoms. The fourth-order valence-electron chi connectivity index (χ4n) is 3.51. The lowest BCUT2D eigenvalue weighted by atomic mass is 9.98. The number of nitrogens with zero attached hydrogens (tertiary/aromatic N) is 3. The molecule has 0 N–H and O–H groups in total. The zero-order chi connectivity index (χ0) is 20.6. The number of aromatic nitrogens is 2. The molecule has 3 aromatic rings. The maximum absolute atomic E-state index is 13.0. The van der Waals surface area contributed by atoms with Gasteiger partial charge in [0.1, 0.15) is 0 Å². The molecule has 1 aliphatic heterocycles. The van der Waals surface area contributed by atoms with Crippen molar-refractivity contribution >= 4 is 21.6 Å². The van der Waals surface area contributed by atoms with Crippen molar-refractivity contribution in [1.29, 1.82) is 0 Å². The van der Waals surface area contributed by atoms with Gasteiger partial charge in [-0.05, 0) is 62.1 Å². The van der Waals surface area contributed by atoms with E-state index in [9.17, 15) is 8.42 Å². The Morgan fingerprint density at radius 3 is 2.52 bits per heavy atom. The van der Waals surface area contributed by atoms with Crippen molar-refractivity contribution < 1.29 is 12.9 Å². The van der Waals surface area contributed by atoms with Crippen LogP contribution in [0.1, 0.15) is 35.8 Å². The summed E-state index contributed by atoms with van der Waals surface area (Å²) < 4.78 is 33.0. The maximum Gasteiger partial charge on any atom is 0.243 e. The van der Waals surface area contributed by atoms with E-state index in [2.05, 4.69) is 10.1 Å². The van der Waals surface area contributed by atoms with E-state index in [4.69, 9.17) is 16.1 Å². The largest absolute Gasteiger partial charge is 0.339 e. The first-order valence-corrected chi connectivity index (χ1v) is 11.3. The molecule has 0 amide bonds. The van der Waals surface area contributed by atoms with Crippen LogP contribution in [-0.2, 0) is 10.0 Å². The van der Waals surface area contributed by atoms with E-state index < -0.39 is 10.0 Å². The highest BCUT2D eigenvalue weighted by Crippen LogP contribution is 2.31. The topological polar surface area (TPSA) is 76.3 Å². The molecule has 1 saturated heterocycles. The molecular formula is C21H22ClN3O3S. The highest BCUT2D eigenvalue weighted by atomic mass is 35.5. The van der Waals surface area contributed by atoms with Gasteiger partial charge in [0.25, 0.3) is 0 Å². The lowest BCUT2D eigenvalue weighted by Crippen LogP contribution is -2.38. The summed E-state index contributed by atoms with van der Waals surface area (Å²) in [6.45, 7) is 4.75. The van der Waals surface area contributed by atoms with E-state index in [0.717, 1.165) is 16.7 Å². The standard InChI is InChI=1S/C21H22ClN3O3S/c1-14-6-7-19(12-15(14)2)29(26,27)25-10-8-16(9-11-25)21-23-20(24-28-21)17-4-3-5-18(22)13-17/h3-7,12-13,16H,8-11H2,1-2H3. The van der Waals surface area contributed by atoms with Crippen molar-refractivity contribution in [2.45, 2.75) is 37.5 Å². The predicted octanol–water partition coefficient (Wildman–Crippen LogP) is 4.58. The molecule has 152 valence electrons. The van der Waals surface area contributed by atoms with E-state index in [1.807, 2.05) is 32.0 Å². The molecule has 1 aromatic heterocycles. The molecule has 0 unspecified atom stereocenters. The van der Waals surface area contributed by atoms with E-state index in [0.29, 0.717) is 47.6 Å². The minimum atomic E-state index is -3.50. The van der Waals surface area contributed by atoms with Crippen molar-refractivity contribution in [3.8, 4) is 11.4 Å². The third-order valence-corrected chi connectivity index (χ3v) is 7.57. The molecular weight excluding hydrogens is 410 g/mol. The van der Waals surface area contributed by atoms with Crippen LogP contribution in [0.2, 0.25) is 5.02 Å². The lowest BCUT2D eigenvalue weighted by Gasteiger charge is -2.29. The van der Waals surface area contributed by atoms with Crippen molar-refractivity contribution in [3.63, 3.8) is 0 Å². The number of piperidine rings is 1. The van der Waals surface area contributed by atoms with Gasteiger partial charge in [0.2, 0.25) is 21.7 Å². The summed E-state index contributed by atoms with van der Waals surface area (Å²) in [5, 5.41) is 4.67. The Morgan fingerprint density at radius 2 is 1.83 bits per heavy atom. The van der Waals surface area contributed by atoms with E-state index in [-0.39, 0.29) is 5.92 Å². The number of benzene rings is 2. The average molecular weight is 432 g/mol. The number of sulfonamides is 1. The smallest absolute Gasteiger partial charge is 0.243 e. The molecule has 0 aliphatic carbocycles. The number of hydrogen-bond acceptors (Lipinski definition) is 5. The van der Waals surface area contributed by atoms with Crippen LogP contribution in [0.25, 0.3) is 11.4 Å². The minimum Gasteiger partial charge on any atom is -0.339 e. The maximum atomic E-state index is 13.0. The van der Waals surface area contributed by atoms with Crippen LogP contribution in [0.3, 0.4) is 0 Å². The van der Waals surface area contributed by atoms with Crippen molar-refractivity contribution in [3.05, 3.63) is 64.5 Å². The molecule has 0 spiro atoms. The highest BCUT2D eigenvalue weighted by Gasteiger charge is 2.32. The molecule has 2 aromatic carbocycles. The number of aryl methyl sites for hydroxylation is 2. The molecule has 8 heteroatoms.